The lowest BCUT2D eigenvalue weighted by molar-refractivity contribution is -0.133. The minimum absolute atomic E-state index is 0.224. The maximum absolute atomic E-state index is 11.5. The lowest BCUT2D eigenvalue weighted by Gasteiger charge is -2.20. The van der Waals surface area contributed by atoms with Crippen molar-refractivity contribution in [3.05, 3.63) is 24.5 Å². The molecule has 1 aromatic rings. The van der Waals surface area contributed by atoms with E-state index in [0.29, 0.717) is 5.92 Å². The maximum Gasteiger partial charge on any atom is 0.338 e. The molecule has 0 radical (unpaired) electrons. The number of rotatable bonds is 5. The number of imidazole rings is 1. The number of carboxylic acids is 1. The molecule has 1 aliphatic carbocycles. The van der Waals surface area contributed by atoms with Crippen LogP contribution in [0.2, 0.25) is 0 Å². The van der Waals surface area contributed by atoms with Crippen LogP contribution in [0.4, 0.5) is 0 Å². The normalized spacial score (nSPS) is 17.1. The molecule has 0 atom stereocenters. The van der Waals surface area contributed by atoms with E-state index in [1.807, 2.05) is 4.57 Å². The first-order valence-corrected chi connectivity index (χ1v) is 7.79. The highest BCUT2D eigenvalue weighted by Crippen LogP contribution is 2.25. The zero-order valence-electron chi connectivity index (χ0n) is 12.6. The molecule has 1 aromatic heterocycles. The molecule has 0 bridgehead atoms. The first-order valence-electron chi connectivity index (χ1n) is 7.79. The quantitative estimate of drug-likeness (QED) is 0.668. The summed E-state index contributed by atoms with van der Waals surface area (Å²) >= 11 is 0. The summed E-state index contributed by atoms with van der Waals surface area (Å²) in [6.45, 7) is 0.783. The van der Waals surface area contributed by atoms with Crippen molar-refractivity contribution < 1.29 is 19.4 Å². The van der Waals surface area contributed by atoms with Crippen molar-refractivity contribution in [2.45, 2.75) is 51.5 Å². The molecular formula is C16H22N2O4. The van der Waals surface area contributed by atoms with E-state index in [1.165, 1.54) is 44.9 Å². The van der Waals surface area contributed by atoms with Gasteiger partial charge in [-0.2, -0.15) is 0 Å². The van der Waals surface area contributed by atoms with Crippen molar-refractivity contribution in [2.24, 2.45) is 5.92 Å². The van der Waals surface area contributed by atoms with Crippen LogP contribution in [0.25, 0.3) is 0 Å². The zero-order valence-corrected chi connectivity index (χ0v) is 12.6. The van der Waals surface area contributed by atoms with Gasteiger partial charge in [0.1, 0.15) is 0 Å². The van der Waals surface area contributed by atoms with Gasteiger partial charge in [-0.15, -0.1) is 0 Å². The van der Waals surface area contributed by atoms with Gasteiger partial charge in [0.25, 0.3) is 0 Å². The van der Waals surface area contributed by atoms with Crippen molar-refractivity contribution >= 4 is 11.9 Å². The molecule has 6 nitrogen and oxygen atoms in total. The third kappa shape index (κ3) is 5.35. The van der Waals surface area contributed by atoms with E-state index in [0.717, 1.165) is 18.7 Å². The molecule has 6 heteroatoms. The minimum Gasteiger partial charge on any atom is -0.478 e. The average Bonchev–Trinajstić information content (AvgIpc) is 2.86. The summed E-state index contributed by atoms with van der Waals surface area (Å²) in [7, 11) is 0. The van der Waals surface area contributed by atoms with Crippen LogP contribution in [-0.2, 0) is 16.1 Å². The summed E-state index contributed by atoms with van der Waals surface area (Å²) < 4.78 is 6.93. The van der Waals surface area contributed by atoms with Crippen LogP contribution >= 0.6 is 0 Å². The van der Waals surface area contributed by atoms with Crippen LogP contribution in [-0.4, -0.2) is 26.6 Å². The summed E-state index contributed by atoms with van der Waals surface area (Å²) in [5.74, 6) is -1.34. The van der Waals surface area contributed by atoms with Crippen molar-refractivity contribution in [1.29, 1.82) is 0 Å². The summed E-state index contributed by atoms with van der Waals surface area (Å²) in [6, 6.07) is 0.224. The van der Waals surface area contributed by atoms with Crippen LogP contribution in [0.1, 0.15) is 44.9 Å². The zero-order chi connectivity index (χ0) is 15.8. The number of aliphatic carboxylic acids is 1. The Labute approximate surface area is 129 Å². The van der Waals surface area contributed by atoms with E-state index in [9.17, 15) is 9.59 Å². The Bertz CT molecular complexity index is 528. The Balaban J connectivity index is 1.93. The molecule has 22 heavy (non-hydrogen) atoms. The number of hydrogen-bond donors (Lipinski definition) is 1. The number of ether oxygens (including phenoxy) is 1. The van der Waals surface area contributed by atoms with Crippen LogP contribution in [0.3, 0.4) is 0 Å². The fourth-order valence-electron chi connectivity index (χ4n) is 2.80. The third-order valence-corrected chi connectivity index (χ3v) is 3.91. The predicted molar refractivity (Wildman–Crippen MR) is 80.4 cm³/mol. The second-order valence-electron chi connectivity index (χ2n) is 5.67. The molecule has 0 aromatic carbocycles. The number of carbonyl (C=O) groups is 2. The highest BCUT2D eigenvalue weighted by molar-refractivity contribution is 5.91. The molecule has 120 valence electrons. The van der Waals surface area contributed by atoms with Gasteiger partial charge in [-0.05, 0) is 18.8 Å². The van der Waals surface area contributed by atoms with Gasteiger partial charge in [-0.1, -0.05) is 32.1 Å². The molecule has 0 amide bonds. The van der Waals surface area contributed by atoms with Gasteiger partial charge in [0, 0.05) is 31.1 Å². The van der Waals surface area contributed by atoms with Gasteiger partial charge in [0.15, 0.2) is 0 Å². The van der Waals surface area contributed by atoms with Crippen molar-refractivity contribution in [3.8, 4) is 6.01 Å². The number of esters is 1. The Kier molecular flexibility index (Phi) is 6.18. The van der Waals surface area contributed by atoms with Gasteiger partial charge in [-0.25, -0.2) is 14.6 Å². The van der Waals surface area contributed by atoms with Crippen molar-refractivity contribution in [1.82, 2.24) is 9.55 Å². The lowest BCUT2D eigenvalue weighted by atomic mass is 9.91. The average molecular weight is 306 g/mol. The molecule has 0 unspecified atom stereocenters. The van der Waals surface area contributed by atoms with E-state index in [4.69, 9.17) is 9.84 Å². The van der Waals surface area contributed by atoms with Gasteiger partial charge < -0.3 is 14.4 Å². The van der Waals surface area contributed by atoms with E-state index >= 15 is 0 Å². The summed E-state index contributed by atoms with van der Waals surface area (Å²) in [5.41, 5.74) is 0. The first-order chi connectivity index (χ1) is 10.6. The number of aromatic nitrogens is 2. The highest BCUT2D eigenvalue weighted by Gasteiger charge is 2.15. The van der Waals surface area contributed by atoms with Crippen LogP contribution in [0, 0.1) is 5.92 Å². The predicted octanol–water partition coefficient (Wildman–Crippen LogP) is 2.79. The van der Waals surface area contributed by atoms with Gasteiger partial charge in [-0.3, -0.25) is 0 Å². The smallest absolute Gasteiger partial charge is 0.338 e. The molecule has 1 aliphatic rings. The molecule has 1 saturated carbocycles. The molecule has 1 fully saturated rings. The van der Waals surface area contributed by atoms with Gasteiger partial charge >= 0.3 is 17.9 Å². The molecule has 1 heterocycles. The fraction of sp³-hybridized carbons (Fsp3) is 0.562. The molecule has 1 N–H and O–H groups in total. The number of carbonyl (C=O) groups excluding carboxylic acids is 1. The molecular weight excluding hydrogens is 284 g/mol. The second kappa shape index (κ2) is 8.36. The first kappa shape index (κ1) is 16.3. The maximum atomic E-state index is 11.5. The number of carboxylic acid groups (broad SMARTS) is 1. The monoisotopic (exact) mass is 306 g/mol. The third-order valence-electron chi connectivity index (χ3n) is 3.91. The number of hydrogen-bond acceptors (Lipinski definition) is 4. The van der Waals surface area contributed by atoms with Crippen LogP contribution in [0.5, 0.6) is 6.01 Å². The standard InChI is InChI=1S/C16H22N2O4/c19-14(20)8-9-15(21)22-16-17-10-11-18(16)12-13-6-4-2-1-3-5-7-13/h8-11,13H,1-7,12H2,(H,19,20)/b9-8+. The van der Waals surface area contributed by atoms with E-state index in [2.05, 4.69) is 4.98 Å². The highest BCUT2D eigenvalue weighted by atomic mass is 16.5. The Morgan fingerprint density at radius 2 is 1.91 bits per heavy atom. The SMILES string of the molecule is O=C(O)/C=C/C(=O)Oc1nccn1CC1CCCCCCC1. The van der Waals surface area contributed by atoms with Gasteiger partial charge in [0.05, 0.1) is 0 Å². The Hall–Kier alpha value is -2.11. The minimum atomic E-state index is -1.19. The number of nitrogens with zero attached hydrogens (tertiary/aromatic N) is 2. The summed E-state index contributed by atoms with van der Waals surface area (Å²) in [5, 5.41) is 8.49. The van der Waals surface area contributed by atoms with E-state index in [1.54, 1.807) is 12.4 Å². The summed E-state index contributed by atoms with van der Waals surface area (Å²) in [6.07, 6.45) is 13.8. The molecule has 2 rings (SSSR count). The molecule has 0 aliphatic heterocycles. The topological polar surface area (TPSA) is 81.4 Å². The van der Waals surface area contributed by atoms with Crippen LogP contribution in [0.15, 0.2) is 24.5 Å². The van der Waals surface area contributed by atoms with Crippen LogP contribution < -0.4 is 4.74 Å². The largest absolute Gasteiger partial charge is 0.478 e. The van der Waals surface area contributed by atoms with Gasteiger partial charge in [0.2, 0.25) is 0 Å². The Morgan fingerprint density at radius 3 is 2.59 bits per heavy atom. The lowest BCUT2D eigenvalue weighted by Crippen LogP contribution is -2.15. The van der Waals surface area contributed by atoms with Crippen molar-refractivity contribution in [3.63, 3.8) is 0 Å². The molecule has 0 spiro atoms. The molecule has 0 saturated heterocycles. The van der Waals surface area contributed by atoms with E-state index in [-0.39, 0.29) is 6.01 Å². The van der Waals surface area contributed by atoms with E-state index < -0.39 is 11.9 Å². The Morgan fingerprint density at radius 1 is 1.23 bits per heavy atom. The van der Waals surface area contributed by atoms with Crippen molar-refractivity contribution in [2.75, 3.05) is 0 Å². The second-order valence-corrected chi connectivity index (χ2v) is 5.67. The fourth-order valence-corrected chi connectivity index (χ4v) is 2.80. The summed E-state index contributed by atoms with van der Waals surface area (Å²) in [4.78, 5) is 25.9.